The minimum Gasteiger partial charge on any atom is -0.351 e. The van der Waals surface area contributed by atoms with Gasteiger partial charge in [-0.25, -0.2) is 8.42 Å². The summed E-state index contributed by atoms with van der Waals surface area (Å²) in [7, 11) is -3.37. The van der Waals surface area contributed by atoms with Gasteiger partial charge in [0.2, 0.25) is 10.0 Å². The lowest BCUT2D eigenvalue weighted by Gasteiger charge is -2.29. The lowest BCUT2D eigenvalue weighted by molar-refractivity contribution is 0.547. The molecule has 2 N–H and O–H groups in total. The van der Waals surface area contributed by atoms with Crippen molar-refractivity contribution in [1.29, 1.82) is 0 Å². The van der Waals surface area contributed by atoms with Crippen molar-refractivity contribution in [1.82, 2.24) is 14.9 Å². The highest BCUT2D eigenvalue weighted by Crippen LogP contribution is 2.44. The second-order valence-corrected chi connectivity index (χ2v) is 11.3. The number of aryl methyl sites for hydroxylation is 2. The average Bonchev–Trinajstić information content (AvgIpc) is 3.24. The predicted octanol–water partition coefficient (Wildman–Crippen LogP) is 4.94. The Morgan fingerprint density at radius 1 is 1.12 bits per heavy atom. The van der Waals surface area contributed by atoms with E-state index in [1.165, 1.54) is 17.0 Å². The second-order valence-electron chi connectivity index (χ2n) is 9.16. The highest BCUT2D eigenvalue weighted by Gasteiger charge is 2.42. The highest BCUT2D eigenvalue weighted by atomic mass is 32.2. The SMILES string of the molecule is Cc1cc(N2C(=S)N[C@@H](c3ccccn3)[C@@H]2c2cc(C)n(C(C)C)c2C)ccc1NS(C)(=O)=O. The summed E-state index contributed by atoms with van der Waals surface area (Å²) in [5.74, 6) is 0. The van der Waals surface area contributed by atoms with Gasteiger partial charge in [0.25, 0.3) is 0 Å². The van der Waals surface area contributed by atoms with Gasteiger partial charge in [-0.15, -0.1) is 0 Å². The number of aromatic nitrogens is 2. The molecule has 0 spiro atoms. The molecule has 34 heavy (non-hydrogen) atoms. The van der Waals surface area contributed by atoms with Crippen molar-refractivity contribution in [3.8, 4) is 0 Å². The average molecular weight is 498 g/mol. The molecule has 9 heteroatoms. The molecular formula is C25H31N5O2S2. The smallest absolute Gasteiger partial charge is 0.229 e. The van der Waals surface area contributed by atoms with Crippen molar-refractivity contribution in [2.24, 2.45) is 0 Å². The Kier molecular flexibility index (Phi) is 6.44. The number of sulfonamides is 1. The first-order valence-corrected chi connectivity index (χ1v) is 13.6. The molecule has 3 aromatic rings. The van der Waals surface area contributed by atoms with E-state index in [4.69, 9.17) is 12.2 Å². The van der Waals surface area contributed by atoms with Crippen LogP contribution in [0.15, 0.2) is 48.7 Å². The van der Waals surface area contributed by atoms with Gasteiger partial charge in [-0.2, -0.15) is 0 Å². The first kappa shape index (κ1) is 24.2. The van der Waals surface area contributed by atoms with E-state index in [9.17, 15) is 8.42 Å². The molecule has 0 unspecified atom stereocenters. The minimum atomic E-state index is -3.37. The van der Waals surface area contributed by atoms with Crippen LogP contribution in [0.2, 0.25) is 0 Å². The van der Waals surface area contributed by atoms with Crippen molar-refractivity contribution < 1.29 is 8.42 Å². The topological polar surface area (TPSA) is 79.3 Å². The Morgan fingerprint density at radius 3 is 2.41 bits per heavy atom. The number of benzene rings is 1. The zero-order valence-electron chi connectivity index (χ0n) is 20.3. The van der Waals surface area contributed by atoms with Gasteiger partial charge in [-0.05, 0) is 94.4 Å². The van der Waals surface area contributed by atoms with E-state index in [0.29, 0.717) is 16.8 Å². The number of nitrogens with zero attached hydrogens (tertiary/aromatic N) is 3. The molecule has 4 rings (SSSR count). The van der Waals surface area contributed by atoms with E-state index in [1.807, 2.05) is 37.3 Å². The Hall–Kier alpha value is -2.91. The molecule has 2 aromatic heterocycles. The van der Waals surface area contributed by atoms with Crippen LogP contribution < -0.4 is 14.9 Å². The molecular weight excluding hydrogens is 466 g/mol. The number of hydrogen-bond donors (Lipinski definition) is 2. The standard InChI is InChI=1S/C25H31N5O2S2/c1-15(2)29-17(4)14-20(18(29)5)24-23(22-9-7-8-12-26-22)27-25(33)30(24)19-10-11-21(16(3)13-19)28-34(6,31)32/h7-15,23-24,28H,1-6H3,(H,27,33)/t23-,24-/m0/s1. The van der Waals surface area contributed by atoms with E-state index in [0.717, 1.165) is 23.2 Å². The zero-order chi connectivity index (χ0) is 24.8. The summed E-state index contributed by atoms with van der Waals surface area (Å²) in [6.45, 7) is 10.5. The van der Waals surface area contributed by atoms with Gasteiger partial charge < -0.3 is 14.8 Å². The van der Waals surface area contributed by atoms with E-state index >= 15 is 0 Å². The number of anilines is 2. The normalized spacial score (nSPS) is 18.4. The quantitative estimate of drug-likeness (QED) is 0.470. The Labute approximate surface area is 207 Å². The van der Waals surface area contributed by atoms with Gasteiger partial charge in [0.05, 0.1) is 29.7 Å². The summed E-state index contributed by atoms with van der Waals surface area (Å²) in [5, 5.41) is 4.11. The van der Waals surface area contributed by atoms with Crippen LogP contribution in [0.25, 0.3) is 0 Å². The largest absolute Gasteiger partial charge is 0.351 e. The lowest BCUT2D eigenvalue weighted by Crippen LogP contribution is -2.29. The Morgan fingerprint density at radius 2 is 1.85 bits per heavy atom. The van der Waals surface area contributed by atoms with Crippen LogP contribution in [0.5, 0.6) is 0 Å². The molecule has 2 atom stereocenters. The summed E-state index contributed by atoms with van der Waals surface area (Å²) < 4.78 is 28.4. The van der Waals surface area contributed by atoms with Crippen molar-refractivity contribution >= 4 is 38.7 Å². The predicted molar refractivity (Wildman–Crippen MR) is 142 cm³/mol. The first-order valence-electron chi connectivity index (χ1n) is 11.3. The van der Waals surface area contributed by atoms with Crippen LogP contribution in [0.3, 0.4) is 0 Å². The van der Waals surface area contributed by atoms with Crippen LogP contribution in [0.1, 0.15) is 60.2 Å². The fourth-order valence-electron chi connectivity index (χ4n) is 4.96. The summed E-state index contributed by atoms with van der Waals surface area (Å²) in [4.78, 5) is 6.76. The fourth-order valence-corrected chi connectivity index (χ4v) is 5.93. The molecule has 1 aromatic carbocycles. The third-order valence-corrected chi connectivity index (χ3v) is 7.15. The van der Waals surface area contributed by atoms with Crippen molar-refractivity contribution in [3.63, 3.8) is 0 Å². The Bertz CT molecular complexity index is 1330. The van der Waals surface area contributed by atoms with Crippen molar-refractivity contribution in [2.75, 3.05) is 15.9 Å². The number of nitrogens with one attached hydrogen (secondary N) is 2. The summed E-state index contributed by atoms with van der Waals surface area (Å²) in [6, 6.07) is 13.9. The molecule has 1 fully saturated rings. The molecule has 3 heterocycles. The van der Waals surface area contributed by atoms with Crippen molar-refractivity contribution in [3.05, 3.63) is 76.9 Å². The maximum absolute atomic E-state index is 11.7. The first-order chi connectivity index (χ1) is 16.0. The monoisotopic (exact) mass is 497 g/mol. The van der Waals surface area contributed by atoms with Crippen LogP contribution in [-0.4, -0.2) is 29.3 Å². The molecule has 7 nitrogen and oxygen atoms in total. The van der Waals surface area contributed by atoms with Crippen LogP contribution in [-0.2, 0) is 10.0 Å². The van der Waals surface area contributed by atoms with Crippen LogP contribution in [0, 0.1) is 20.8 Å². The third kappa shape index (κ3) is 4.54. The molecule has 0 saturated carbocycles. The van der Waals surface area contributed by atoms with Gasteiger partial charge in [0.1, 0.15) is 0 Å². The fraction of sp³-hybridized carbons (Fsp3) is 0.360. The van der Waals surface area contributed by atoms with E-state index < -0.39 is 10.0 Å². The highest BCUT2D eigenvalue weighted by molar-refractivity contribution is 7.92. The Balaban J connectivity index is 1.85. The molecule has 180 valence electrons. The third-order valence-electron chi connectivity index (χ3n) is 6.24. The molecule has 1 aliphatic rings. The molecule has 1 saturated heterocycles. The van der Waals surface area contributed by atoms with Crippen molar-refractivity contribution in [2.45, 2.75) is 52.7 Å². The molecule has 0 amide bonds. The number of hydrogen-bond acceptors (Lipinski definition) is 4. The van der Waals surface area contributed by atoms with E-state index in [-0.39, 0.29) is 12.1 Å². The molecule has 0 radical (unpaired) electrons. The number of pyridine rings is 1. The number of thiocarbonyl (C=S) groups is 1. The van der Waals surface area contributed by atoms with Gasteiger partial charge >= 0.3 is 0 Å². The molecule has 1 aliphatic heterocycles. The van der Waals surface area contributed by atoms with Gasteiger partial charge in [0.15, 0.2) is 5.11 Å². The maximum atomic E-state index is 11.7. The minimum absolute atomic E-state index is 0.116. The zero-order valence-corrected chi connectivity index (χ0v) is 22.0. The second kappa shape index (κ2) is 9.03. The lowest BCUT2D eigenvalue weighted by atomic mass is 9.96. The van der Waals surface area contributed by atoms with Gasteiger partial charge in [-0.1, -0.05) is 6.07 Å². The molecule has 0 aliphatic carbocycles. The summed E-state index contributed by atoms with van der Waals surface area (Å²) in [5.41, 5.74) is 6.76. The van der Waals surface area contributed by atoms with E-state index in [2.05, 4.69) is 58.3 Å². The summed E-state index contributed by atoms with van der Waals surface area (Å²) in [6.07, 6.45) is 2.95. The van der Waals surface area contributed by atoms with Crippen LogP contribution in [0.4, 0.5) is 11.4 Å². The van der Waals surface area contributed by atoms with E-state index in [1.54, 1.807) is 12.3 Å². The van der Waals surface area contributed by atoms with Crippen LogP contribution >= 0.6 is 12.2 Å². The maximum Gasteiger partial charge on any atom is 0.229 e. The molecule has 0 bridgehead atoms. The van der Waals surface area contributed by atoms with Gasteiger partial charge in [-0.3, -0.25) is 9.71 Å². The summed E-state index contributed by atoms with van der Waals surface area (Å²) >= 11 is 5.84. The van der Waals surface area contributed by atoms with Gasteiger partial charge in [0, 0.05) is 29.3 Å². The number of rotatable bonds is 6.